The summed E-state index contributed by atoms with van der Waals surface area (Å²) in [7, 11) is 0. The van der Waals surface area contributed by atoms with Crippen molar-refractivity contribution in [1.29, 1.82) is 0 Å². The number of para-hydroxylation sites is 2. The minimum absolute atomic E-state index is 0.0196. The number of nitrogens with zero attached hydrogens (tertiary/aromatic N) is 5. The van der Waals surface area contributed by atoms with Crippen molar-refractivity contribution in [3.8, 4) is 5.69 Å². The molecule has 3 aromatic heterocycles. The lowest BCUT2D eigenvalue weighted by Gasteiger charge is -2.12. The molecular weight excluding hydrogens is 421 g/mol. The second-order valence-corrected chi connectivity index (χ2v) is 8.05. The normalized spacial score (nSPS) is 12.8. The van der Waals surface area contributed by atoms with E-state index < -0.39 is 0 Å². The molecule has 0 aliphatic heterocycles. The van der Waals surface area contributed by atoms with Crippen LogP contribution in [0.15, 0.2) is 53.6 Å². The highest BCUT2D eigenvalue weighted by Crippen LogP contribution is 2.31. The Hall–Kier alpha value is -2.96. The van der Waals surface area contributed by atoms with Crippen LogP contribution < -0.4 is 5.56 Å². The molecule has 0 N–H and O–H groups in total. The number of hydrogen-bond donors (Lipinski definition) is 0. The molecule has 30 heavy (non-hydrogen) atoms. The summed E-state index contributed by atoms with van der Waals surface area (Å²) in [6.45, 7) is 4.03. The summed E-state index contributed by atoms with van der Waals surface area (Å²) in [4.78, 5) is 27.7. The summed E-state index contributed by atoms with van der Waals surface area (Å²) in [6, 6.07) is 12.9. The Balaban J connectivity index is 1.98. The summed E-state index contributed by atoms with van der Waals surface area (Å²) in [5, 5.41) is 1.30. The summed E-state index contributed by atoms with van der Waals surface area (Å²) in [5.41, 5.74) is 3.58. The lowest BCUT2D eigenvalue weighted by atomic mass is 10.2. The van der Waals surface area contributed by atoms with E-state index >= 15 is 0 Å². The number of benzene rings is 2. The molecule has 0 spiro atoms. The van der Waals surface area contributed by atoms with Gasteiger partial charge < -0.3 is 0 Å². The van der Waals surface area contributed by atoms with Crippen LogP contribution in [0.25, 0.3) is 38.9 Å². The summed E-state index contributed by atoms with van der Waals surface area (Å²) in [6.07, 6.45) is 2.40. The van der Waals surface area contributed by atoms with Crippen molar-refractivity contribution >= 4 is 56.4 Å². The molecule has 8 heteroatoms. The molecule has 2 aromatic carbocycles. The van der Waals surface area contributed by atoms with Gasteiger partial charge in [-0.1, -0.05) is 42.3 Å². The van der Waals surface area contributed by atoms with Crippen molar-refractivity contribution in [3.05, 3.63) is 69.2 Å². The summed E-state index contributed by atoms with van der Waals surface area (Å²) in [5.74, 6) is 0. The largest absolute Gasteiger partial charge is 0.296 e. The molecule has 1 atom stereocenters. The van der Waals surface area contributed by atoms with E-state index in [-0.39, 0.29) is 11.6 Å². The molecule has 3 heterocycles. The van der Waals surface area contributed by atoms with Gasteiger partial charge in [0.15, 0.2) is 11.3 Å². The van der Waals surface area contributed by atoms with Crippen LogP contribution in [0.3, 0.4) is 0 Å². The van der Waals surface area contributed by atoms with E-state index in [0.29, 0.717) is 37.9 Å². The molecule has 5 rings (SSSR count). The third kappa shape index (κ3) is 2.79. The number of fused-ring (bicyclic) bond motifs is 4. The zero-order valence-electron chi connectivity index (χ0n) is 16.3. The van der Waals surface area contributed by atoms with Gasteiger partial charge in [-0.25, -0.2) is 15.0 Å². The Morgan fingerprint density at radius 1 is 1.00 bits per heavy atom. The van der Waals surface area contributed by atoms with Gasteiger partial charge in [-0.2, -0.15) is 0 Å². The Kier molecular flexibility index (Phi) is 4.49. The molecule has 150 valence electrons. The first-order valence-electron chi connectivity index (χ1n) is 9.63. The third-order valence-corrected chi connectivity index (χ3v) is 6.16. The third-order valence-electron chi connectivity index (χ3n) is 5.42. The molecule has 5 aromatic rings. The first-order chi connectivity index (χ1) is 14.5. The average Bonchev–Trinajstić information content (AvgIpc) is 3.07. The summed E-state index contributed by atoms with van der Waals surface area (Å²) < 4.78 is 3.46. The maximum absolute atomic E-state index is 13.4. The van der Waals surface area contributed by atoms with Crippen molar-refractivity contribution < 1.29 is 0 Å². The lowest BCUT2D eigenvalue weighted by Crippen LogP contribution is -2.23. The quantitative estimate of drug-likeness (QED) is 0.370. The average molecular weight is 438 g/mol. The van der Waals surface area contributed by atoms with E-state index in [1.807, 2.05) is 48.7 Å². The van der Waals surface area contributed by atoms with Gasteiger partial charge in [0.1, 0.15) is 17.2 Å². The Bertz CT molecular complexity index is 1510. The molecular formula is C22H17Cl2N5O. The fraction of sp³-hybridized carbons (Fsp3) is 0.182. The minimum Gasteiger partial charge on any atom is -0.296 e. The molecule has 0 fully saturated rings. The summed E-state index contributed by atoms with van der Waals surface area (Å²) >= 11 is 12.4. The van der Waals surface area contributed by atoms with Gasteiger partial charge >= 0.3 is 0 Å². The Morgan fingerprint density at radius 3 is 2.43 bits per heavy atom. The Morgan fingerprint density at radius 2 is 1.73 bits per heavy atom. The number of hydrogen-bond acceptors (Lipinski definition) is 4. The highest BCUT2D eigenvalue weighted by Gasteiger charge is 2.22. The van der Waals surface area contributed by atoms with Crippen LogP contribution in [0.1, 0.15) is 26.3 Å². The van der Waals surface area contributed by atoms with E-state index in [9.17, 15) is 4.79 Å². The van der Waals surface area contributed by atoms with Crippen LogP contribution in [0, 0.1) is 0 Å². The molecule has 6 nitrogen and oxygen atoms in total. The molecule has 0 saturated carbocycles. The van der Waals surface area contributed by atoms with E-state index in [0.717, 1.165) is 17.5 Å². The van der Waals surface area contributed by atoms with Gasteiger partial charge in [0.25, 0.3) is 5.56 Å². The first kappa shape index (κ1) is 19.0. The van der Waals surface area contributed by atoms with Crippen molar-refractivity contribution in [1.82, 2.24) is 24.1 Å². The van der Waals surface area contributed by atoms with Crippen LogP contribution in [-0.4, -0.2) is 24.1 Å². The van der Waals surface area contributed by atoms with Gasteiger partial charge in [0.2, 0.25) is 0 Å². The molecule has 1 unspecified atom stereocenters. The molecule has 0 aliphatic rings. The van der Waals surface area contributed by atoms with Gasteiger partial charge in [-0.3, -0.25) is 13.9 Å². The zero-order chi connectivity index (χ0) is 21.0. The van der Waals surface area contributed by atoms with Crippen molar-refractivity contribution in [3.63, 3.8) is 0 Å². The topological polar surface area (TPSA) is 65.6 Å². The van der Waals surface area contributed by atoms with E-state index in [2.05, 4.69) is 4.98 Å². The number of halogens is 2. The fourth-order valence-electron chi connectivity index (χ4n) is 3.63. The van der Waals surface area contributed by atoms with Gasteiger partial charge in [-0.05, 0) is 43.7 Å². The molecule has 0 bridgehead atoms. The second-order valence-electron chi connectivity index (χ2n) is 7.23. The molecule has 0 radical (unpaired) electrons. The highest BCUT2D eigenvalue weighted by molar-refractivity contribution is 6.42. The van der Waals surface area contributed by atoms with Crippen molar-refractivity contribution in [2.75, 3.05) is 0 Å². The smallest absolute Gasteiger partial charge is 0.265 e. The zero-order valence-corrected chi connectivity index (χ0v) is 17.8. The van der Waals surface area contributed by atoms with E-state index in [1.165, 1.54) is 0 Å². The predicted molar refractivity (Wildman–Crippen MR) is 121 cm³/mol. The minimum atomic E-state index is -0.136. The van der Waals surface area contributed by atoms with Crippen LogP contribution in [0.2, 0.25) is 10.0 Å². The SMILES string of the molecule is CCC(C)n1cnc2c(c1=O)c1nc3ccccc3nc1n2-c1ccc(Cl)c(Cl)c1. The number of rotatable bonds is 3. The van der Waals surface area contributed by atoms with Crippen molar-refractivity contribution in [2.45, 2.75) is 26.3 Å². The van der Waals surface area contributed by atoms with E-state index in [4.69, 9.17) is 33.2 Å². The first-order valence-corrected chi connectivity index (χ1v) is 10.4. The number of aromatic nitrogens is 5. The standard InChI is InChI=1S/C22H17Cl2N5O/c1-3-12(2)28-11-25-20-18(22(28)30)19-21(27-17-7-5-4-6-16(17)26-19)29(20)13-8-9-14(23)15(24)10-13/h4-12H,3H2,1-2H3. The van der Waals surface area contributed by atoms with Crippen molar-refractivity contribution in [2.24, 2.45) is 0 Å². The molecule has 0 amide bonds. The highest BCUT2D eigenvalue weighted by atomic mass is 35.5. The fourth-order valence-corrected chi connectivity index (χ4v) is 3.92. The lowest BCUT2D eigenvalue weighted by molar-refractivity contribution is 0.510. The predicted octanol–water partition coefficient (Wildman–Crippen LogP) is 5.56. The maximum atomic E-state index is 13.4. The second kappa shape index (κ2) is 7.07. The van der Waals surface area contributed by atoms with Crippen LogP contribution >= 0.6 is 23.2 Å². The van der Waals surface area contributed by atoms with Crippen LogP contribution in [0.4, 0.5) is 0 Å². The maximum Gasteiger partial charge on any atom is 0.265 e. The Labute approximate surface area is 181 Å². The molecule has 0 aliphatic carbocycles. The van der Waals surface area contributed by atoms with Gasteiger partial charge in [0.05, 0.1) is 26.8 Å². The van der Waals surface area contributed by atoms with Crippen LogP contribution in [-0.2, 0) is 0 Å². The van der Waals surface area contributed by atoms with E-state index in [1.54, 1.807) is 23.0 Å². The van der Waals surface area contributed by atoms with Gasteiger partial charge in [0, 0.05) is 6.04 Å². The monoisotopic (exact) mass is 437 g/mol. The molecule has 0 saturated heterocycles. The van der Waals surface area contributed by atoms with Gasteiger partial charge in [-0.15, -0.1) is 0 Å². The van der Waals surface area contributed by atoms with Crippen LogP contribution in [0.5, 0.6) is 0 Å².